The summed E-state index contributed by atoms with van der Waals surface area (Å²) in [6, 6.07) is 0. The van der Waals surface area contributed by atoms with Crippen molar-refractivity contribution in [1.82, 2.24) is 0 Å². The quantitative estimate of drug-likeness (QED) is 0.707. The zero-order valence-electron chi connectivity index (χ0n) is 8.04. The molecule has 0 aromatic heterocycles. The molecule has 0 aromatic rings. The number of rotatable bonds is 4. The molecule has 0 N–H and O–H groups in total. The lowest BCUT2D eigenvalue weighted by Gasteiger charge is -2.18. The van der Waals surface area contributed by atoms with Crippen LogP contribution >= 0.6 is 10.7 Å². The van der Waals surface area contributed by atoms with E-state index < -0.39 is 24.6 Å². The number of hydrogen-bond acceptors (Lipinski definition) is 3. The molecule has 3 nitrogen and oxygen atoms in total. The van der Waals surface area contributed by atoms with Crippen LogP contribution in [0.15, 0.2) is 0 Å². The van der Waals surface area contributed by atoms with E-state index in [2.05, 4.69) is 0 Å². The Balaban J connectivity index is 4.15. The minimum absolute atomic E-state index is 0.0506. The maximum Gasteiger partial charge on any atom is 0.155 e. The summed E-state index contributed by atoms with van der Waals surface area (Å²) in [7, 11) is 0.693. The highest BCUT2D eigenvalue weighted by Gasteiger charge is 2.28. The van der Waals surface area contributed by atoms with Crippen molar-refractivity contribution in [2.24, 2.45) is 0 Å². The van der Waals surface area contributed by atoms with Crippen LogP contribution in [0.25, 0.3) is 0 Å². The highest BCUT2D eigenvalue weighted by Crippen LogP contribution is 2.16. The van der Waals surface area contributed by atoms with Crippen LogP contribution in [0.2, 0.25) is 0 Å². The standard InChI is InChI=1S/C7H15ClO3S2/c1-7(2,3)13(10,11)6-4-5-12(8)9/h4-6H2,1-3H3. The van der Waals surface area contributed by atoms with Gasteiger partial charge in [0.25, 0.3) is 0 Å². The molecule has 0 saturated heterocycles. The third-order valence-electron chi connectivity index (χ3n) is 1.65. The Kier molecular flexibility index (Phi) is 4.90. The van der Waals surface area contributed by atoms with E-state index in [4.69, 9.17) is 10.7 Å². The molecule has 1 atom stereocenters. The summed E-state index contributed by atoms with van der Waals surface area (Å²) < 4.78 is 32.7. The van der Waals surface area contributed by atoms with Gasteiger partial charge in [-0.3, -0.25) is 0 Å². The van der Waals surface area contributed by atoms with E-state index in [-0.39, 0.29) is 11.5 Å². The molecule has 0 aliphatic carbocycles. The molecule has 6 heteroatoms. The van der Waals surface area contributed by atoms with Crippen LogP contribution in [0.4, 0.5) is 0 Å². The van der Waals surface area contributed by atoms with Crippen LogP contribution in [0.3, 0.4) is 0 Å². The van der Waals surface area contributed by atoms with E-state index in [1.165, 1.54) is 0 Å². The Labute approximate surface area is 86.7 Å². The van der Waals surface area contributed by atoms with Gasteiger partial charge in [-0.1, -0.05) is 0 Å². The molecule has 0 bridgehead atoms. The average Bonchev–Trinajstić information content (AvgIpc) is 1.82. The molecular formula is C7H15ClO3S2. The van der Waals surface area contributed by atoms with E-state index >= 15 is 0 Å². The molecule has 0 rings (SSSR count). The van der Waals surface area contributed by atoms with Gasteiger partial charge in [-0.25, -0.2) is 12.6 Å². The average molecular weight is 247 g/mol. The molecule has 1 unspecified atom stereocenters. The summed E-state index contributed by atoms with van der Waals surface area (Å²) in [6.45, 7) is 4.96. The molecule has 0 spiro atoms. The lowest BCUT2D eigenvalue weighted by atomic mass is 10.3. The summed E-state index contributed by atoms with van der Waals surface area (Å²) in [5.74, 6) is 0.284. The largest absolute Gasteiger partial charge is 0.243 e. The number of hydrogen-bond donors (Lipinski definition) is 0. The van der Waals surface area contributed by atoms with Crippen molar-refractivity contribution in [2.75, 3.05) is 11.5 Å². The predicted molar refractivity (Wildman–Crippen MR) is 57.0 cm³/mol. The molecule has 0 saturated carbocycles. The summed E-state index contributed by atoms with van der Waals surface area (Å²) >= 11 is 0. The summed E-state index contributed by atoms with van der Waals surface area (Å²) in [5, 5.41) is 0. The molecule has 80 valence electrons. The molecule has 0 radical (unpaired) electrons. The maximum absolute atomic E-state index is 11.5. The van der Waals surface area contributed by atoms with Crippen LogP contribution in [-0.4, -0.2) is 28.9 Å². The summed E-state index contributed by atoms with van der Waals surface area (Å²) in [5.41, 5.74) is 0. The van der Waals surface area contributed by atoms with Crippen molar-refractivity contribution in [3.05, 3.63) is 0 Å². The molecule has 0 aromatic carbocycles. The fraction of sp³-hybridized carbons (Fsp3) is 1.00. The maximum atomic E-state index is 11.5. The minimum Gasteiger partial charge on any atom is -0.243 e. The first-order chi connectivity index (χ1) is 5.67. The van der Waals surface area contributed by atoms with Crippen molar-refractivity contribution in [1.29, 1.82) is 0 Å². The van der Waals surface area contributed by atoms with Gasteiger partial charge in [0.15, 0.2) is 9.84 Å². The van der Waals surface area contributed by atoms with E-state index in [1.54, 1.807) is 20.8 Å². The fourth-order valence-electron chi connectivity index (χ4n) is 0.669. The highest BCUT2D eigenvalue weighted by molar-refractivity contribution is 8.08. The summed E-state index contributed by atoms with van der Waals surface area (Å²) in [4.78, 5) is 0. The molecule has 0 amide bonds. The van der Waals surface area contributed by atoms with Crippen LogP contribution < -0.4 is 0 Å². The molecular weight excluding hydrogens is 232 g/mol. The Morgan fingerprint density at radius 1 is 1.31 bits per heavy atom. The van der Waals surface area contributed by atoms with Crippen LogP contribution in [0, 0.1) is 0 Å². The lowest BCUT2D eigenvalue weighted by Crippen LogP contribution is -2.30. The van der Waals surface area contributed by atoms with Gasteiger partial charge >= 0.3 is 0 Å². The Morgan fingerprint density at radius 3 is 2.08 bits per heavy atom. The Bertz CT molecular complexity index is 277. The van der Waals surface area contributed by atoms with E-state index in [1.807, 2.05) is 0 Å². The van der Waals surface area contributed by atoms with Crippen molar-refractivity contribution in [3.63, 3.8) is 0 Å². The molecule has 0 aliphatic heterocycles. The van der Waals surface area contributed by atoms with Gasteiger partial charge in [-0.15, -0.1) is 0 Å². The zero-order chi connectivity index (χ0) is 10.7. The van der Waals surface area contributed by atoms with Crippen LogP contribution in [-0.2, 0) is 19.9 Å². The van der Waals surface area contributed by atoms with E-state index in [0.29, 0.717) is 6.42 Å². The predicted octanol–water partition coefficient (Wildman–Crippen LogP) is 1.49. The number of halogens is 1. The molecule has 0 aliphatic rings. The number of sulfone groups is 1. The van der Waals surface area contributed by atoms with Crippen LogP contribution in [0.1, 0.15) is 27.2 Å². The van der Waals surface area contributed by atoms with Gasteiger partial charge in [0.2, 0.25) is 0 Å². The van der Waals surface area contributed by atoms with Crippen molar-refractivity contribution in [2.45, 2.75) is 31.9 Å². The zero-order valence-corrected chi connectivity index (χ0v) is 10.4. The third kappa shape index (κ3) is 4.98. The van der Waals surface area contributed by atoms with Crippen molar-refractivity contribution >= 4 is 30.5 Å². The first-order valence-electron chi connectivity index (χ1n) is 3.94. The second-order valence-corrected chi connectivity index (χ2v) is 8.66. The fourth-order valence-corrected chi connectivity index (χ4v) is 2.69. The second-order valence-electron chi connectivity index (χ2n) is 3.78. The second kappa shape index (κ2) is 4.75. The van der Waals surface area contributed by atoms with Gasteiger partial charge in [0.05, 0.1) is 10.5 Å². The molecule has 13 heavy (non-hydrogen) atoms. The first-order valence-corrected chi connectivity index (χ1v) is 7.73. The molecule has 0 heterocycles. The Morgan fingerprint density at radius 2 is 1.77 bits per heavy atom. The first kappa shape index (κ1) is 13.4. The topological polar surface area (TPSA) is 51.2 Å². The van der Waals surface area contributed by atoms with Crippen molar-refractivity contribution in [3.8, 4) is 0 Å². The van der Waals surface area contributed by atoms with Gasteiger partial charge in [0.1, 0.15) is 10.0 Å². The highest BCUT2D eigenvalue weighted by atomic mass is 35.7. The van der Waals surface area contributed by atoms with E-state index in [0.717, 1.165) is 0 Å². The minimum atomic E-state index is -3.09. The molecule has 0 fully saturated rings. The third-order valence-corrected chi connectivity index (χ3v) is 5.42. The van der Waals surface area contributed by atoms with Crippen molar-refractivity contribution < 1.29 is 12.6 Å². The normalized spacial score (nSPS) is 15.7. The SMILES string of the molecule is CC(C)(C)S(=O)(=O)CCCS(=O)Cl. The van der Waals surface area contributed by atoms with E-state index in [9.17, 15) is 12.6 Å². The van der Waals surface area contributed by atoms with Gasteiger partial charge in [0, 0.05) is 5.75 Å². The van der Waals surface area contributed by atoms with Gasteiger partial charge in [-0.05, 0) is 37.9 Å². The monoisotopic (exact) mass is 246 g/mol. The lowest BCUT2D eigenvalue weighted by molar-refractivity contribution is 0.559. The smallest absolute Gasteiger partial charge is 0.155 e. The van der Waals surface area contributed by atoms with Gasteiger partial charge in [-0.2, -0.15) is 0 Å². The van der Waals surface area contributed by atoms with Crippen LogP contribution in [0.5, 0.6) is 0 Å². The Hall–Kier alpha value is 0.390. The van der Waals surface area contributed by atoms with Gasteiger partial charge < -0.3 is 0 Å². The summed E-state index contributed by atoms with van der Waals surface area (Å²) in [6.07, 6.45) is 0.357.